The molecule has 2 N–H and O–H groups in total. The van der Waals surface area contributed by atoms with E-state index in [2.05, 4.69) is 5.73 Å². The summed E-state index contributed by atoms with van der Waals surface area (Å²) in [6.07, 6.45) is 0.653. The average molecular weight is 140 g/mol. The third-order valence-electron chi connectivity index (χ3n) is 0.0962. The molecule has 0 aromatic carbocycles. The van der Waals surface area contributed by atoms with E-state index in [1.54, 1.807) is 0 Å². The van der Waals surface area contributed by atoms with Crippen LogP contribution in [-0.4, -0.2) is 12.8 Å². The van der Waals surface area contributed by atoms with Crippen molar-refractivity contribution in [1.82, 2.24) is 0 Å². The Balaban J connectivity index is 0. The smallest absolute Gasteiger partial charge is 0.133 e. The normalized spacial score (nSPS) is 5.00. The lowest BCUT2D eigenvalue weighted by Gasteiger charge is -1.55. The molecule has 0 radical (unpaired) electrons. The fourth-order valence-corrected chi connectivity index (χ4v) is 0. The van der Waals surface area contributed by atoms with Crippen LogP contribution in [0.2, 0.25) is 0 Å². The SMILES string of the molecule is Br.NCC=O. The predicted molar refractivity (Wildman–Crippen MR) is 25.4 cm³/mol. The van der Waals surface area contributed by atoms with Crippen molar-refractivity contribution in [3.63, 3.8) is 0 Å². The molecule has 2 nitrogen and oxygen atoms in total. The zero-order valence-electron chi connectivity index (χ0n) is 2.68. The van der Waals surface area contributed by atoms with Crippen LogP contribution < -0.4 is 5.73 Å². The van der Waals surface area contributed by atoms with E-state index in [4.69, 9.17) is 4.79 Å². The van der Waals surface area contributed by atoms with Crippen molar-refractivity contribution >= 4 is 23.3 Å². The van der Waals surface area contributed by atoms with Crippen LogP contribution in [0.25, 0.3) is 0 Å². The van der Waals surface area contributed by atoms with Gasteiger partial charge < -0.3 is 10.5 Å². The summed E-state index contributed by atoms with van der Waals surface area (Å²) in [6.45, 7) is 0.139. The second-order valence-electron chi connectivity index (χ2n) is 0.402. The summed E-state index contributed by atoms with van der Waals surface area (Å²) in [5.41, 5.74) is 4.66. The summed E-state index contributed by atoms with van der Waals surface area (Å²) in [5, 5.41) is 0. The van der Waals surface area contributed by atoms with E-state index in [0.29, 0.717) is 6.29 Å². The number of hydrogen-bond donors (Lipinski definition) is 1. The van der Waals surface area contributed by atoms with Gasteiger partial charge in [0.2, 0.25) is 0 Å². The standard InChI is InChI=1S/C2H5NO.BrH/c3-1-2-4;/h2H,1,3H2;1H. The molecule has 0 bridgehead atoms. The van der Waals surface area contributed by atoms with Crippen molar-refractivity contribution in [3.05, 3.63) is 0 Å². The molecule has 0 aromatic rings. The molecule has 0 spiro atoms. The highest BCUT2D eigenvalue weighted by atomic mass is 79.9. The lowest BCUT2D eigenvalue weighted by molar-refractivity contribution is -0.106. The van der Waals surface area contributed by atoms with E-state index in [9.17, 15) is 0 Å². The average Bonchev–Trinajstić information content (AvgIpc) is 1.37. The molecule has 0 unspecified atom stereocenters. The molecule has 0 aliphatic rings. The van der Waals surface area contributed by atoms with Gasteiger partial charge in [0.25, 0.3) is 0 Å². The zero-order valence-corrected chi connectivity index (χ0v) is 4.39. The second-order valence-corrected chi connectivity index (χ2v) is 0.402. The van der Waals surface area contributed by atoms with Crippen LogP contribution in [0.15, 0.2) is 0 Å². The lowest BCUT2D eigenvalue weighted by atomic mass is 10.8. The van der Waals surface area contributed by atoms with Gasteiger partial charge in [-0.2, -0.15) is 0 Å². The second kappa shape index (κ2) is 8.93. The van der Waals surface area contributed by atoms with Crippen LogP contribution in [-0.2, 0) is 4.79 Å². The Morgan fingerprint density at radius 2 is 2.00 bits per heavy atom. The Morgan fingerprint density at radius 3 is 2.00 bits per heavy atom. The first-order chi connectivity index (χ1) is 1.91. The van der Waals surface area contributed by atoms with Crippen LogP contribution in [0.1, 0.15) is 0 Å². The van der Waals surface area contributed by atoms with Crippen molar-refractivity contribution in [3.8, 4) is 0 Å². The number of halogens is 1. The van der Waals surface area contributed by atoms with Crippen molar-refractivity contribution in [2.24, 2.45) is 5.73 Å². The van der Waals surface area contributed by atoms with Crippen molar-refractivity contribution in [2.45, 2.75) is 0 Å². The molecule has 0 aliphatic heterocycles. The van der Waals surface area contributed by atoms with Crippen molar-refractivity contribution in [1.29, 1.82) is 0 Å². The molecule has 0 aliphatic carbocycles. The summed E-state index contributed by atoms with van der Waals surface area (Å²) in [6, 6.07) is 0. The van der Waals surface area contributed by atoms with Crippen molar-refractivity contribution < 1.29 is 4.79 Å². The van der Waals surface area contributed by atoms with Crippen LogP contribution in [0.5, 0.6) is 0 Å². The number of nitrogens with two attached hydrogens (primary N) is 1. The van der Waals surface area contributed by atoms with Crippen LogP contribution in [0.4, 0.5) is 0 Å². The molecule has 0 aromatic heterocycles. The molecule has 32 valence electrons. The monoisotopic (exact) mass is 139 g/mol. The number of hydrogen-bond acceptors (Lipinski definition) is 2. The van der Waals surface area contributed by atoms with Crippen molar-refractivity contribution in [2.75, 3.05) is 6.54 Å². The van der Waals surface area contributed by atoms with Gasteiger partial charge in [-0.05, 0) is 0 Å². The highest BCUT2D eigenvalue weighted by Gasteiger charge is 1.51. The number of carbonyl (C=O) groups excluding carboxylic acids is 1. The summed E-state index contributed by atoms with van der Waals surface area (Å²) in [4.78, 5) is 9.05. The summed E-state index contributed by atoms with van der Waals surface area (Å²) < 4.78 is 0. The van der Waals surface area contributed by atoms with Crippen LogP contribution in [0.3, 0.4) is 0 Å². The Hall–Kier alpha value is 0.110. The van der Waals surface area contributed by atoms with E-state index in [1.807, 2.05) is 0 Å². The topological polar surface area (TPSA) is 43.1 Å². The van der Waals surface area contributed by atoms with Gasteiger partial charge >= 0.3 is 0 Å². The van der Waals surface area contributed by atoms with Gasteiger partial charge in [0, 0.05) is 6.54 Å². The van der Waals surface area contributed by atoms with E-state index < -0.39 is 0 Å². The van der Waals surface area contributed by atoms with Gasteiger partial charge in [-0.25, -0.2) is 0 Å². The van der Waals surface area contributed by atoms with Gasteiger partial charge in [-0.1, -0.05) is 0 Å². The molecule has 0 saturated carbocycles. The predicted octanol–water partition coefficient (Wildman–Crippen LogP) is -0.278. The minimum Gasteiger partial charge on any atom is -0.324 e. The molecule has 0 heterocycles. The Labute approximate surface area is 41.1 Å². The molecule has 0 rings (SSSR count). The quantitative estimate of drug-likeness (QED) is 0.509. The van der Waals surface area contributed by atoms with E-state index in [-0.39, 0.29) is 23.5 Å². The zero-order chi connectivity index (χ0) is 3.41. The number of aldehydes is 1. The first kappa shape index (κ1) is 8.92. The summed E-state index contributed by atoms with van der Waals surface area (Å²) >= 11 is 0. The highest BCUT2D eigenvalue weighted by Crippen LogP contribution is 1.18. The molecule has 0 saturated heterocycles. The van der Waals surface area contributed by atoms with Gasteiger partial charge in [0.05, 0.1) is 0 Å². The first-order valence-corrected chi connectivity index (χ1v) is 1.05. The maximum Gasteiger partial charge on any atom is 0.133 e. The van der Waals surface area contributed by atoms with Gasteiger partial charge in [0.15, 0.2) is 0 Å². The molecule has 0 atom stereocenters. The molecular formula is C2H6BrNO. The fraction of sp³-hybridized carbons (Fsp3) is 0.500. The molecular weight excluding hydrogens is 134 g/mol. The Kier molecular flexibility index (Phi) is 15.9. The third-order valence-corrected chi connectivity index (χ3v) is 0.0962. The van der Waals surface area contributed by atoms with Crippen LogP contribution in [0, 0.1) is 0 Å². The Bertz CT molecular complexity index is 23.6. The number of carbonyl (C=O) groups is 1. The van der Waals surface area contributed by atoms with Gasteiger partial charge in [-0.15, -0.1) is 17.0 Å². The van der Waals surface area contributed by atoms with E-state index >= 15 is 0 Å². The fourth-order valence-electron chi connectivity index (χ4n) is 0. The number of rotatable bonds is 1. The minimum absolute atomic E-state index is 0. The maximum absolute atomic E-state index is 9.05. The summed E-state index contributed by atoms with van der Waals surface area (Å²) in [5.74, 6) is 0. The minimum atomic E-state index is 0. The van der Waals surface area contributed by atoms with E-state index in [1.165, 1.54) is 0 Å². The molecule has 5 heavy (non-hydrogen) atoms. The van der Waals surface area contributed by atoms with Crippen LogP contribution >= 0.6 is 17.0 Å². The maximum atomic E-state index is 9.05. The molecule has 0 fully saturated rings. The molecule has 3 heteroatoms. The highest BCUT2D eigenvalue weighted by molar-refractivity contribution is 8.93. The summed E-state index contributed by atoms with van der Waals surface area (Å²) in [7, 11) is 0. The van der Waals surface area contributed by atoms with Gasteiger partial charge in [0.1, 0.15) is 6.29 Å². The third kappa shape index (κ3) is 14.9. The van der Waals surface area contributed by atoms with E-state index in [0.717, 1.165) is 0 Å². The first-order valence-electron chi connectivity index (χ1n) is 1.05. The molecule has 0 amide bonds. The largest absolute Gasteiger partial charge is 0.324 e. The van der Waals surface area contributed by atoms with Gasteiger partial charge in [-0.3, -0.25) is 0 Å². The lowest BCUT2D eigenvalue weighted by Crippen LogP contribution is -1.97. The Morgan fingerprint density at radius 1 is 1.80 bits per heavy atom.